The van der Waals surface area contributed by atoms with Gasteiger partial charge < -0.3 is 15.1 Å². The molecule has 2 aromatic heterocycles. The number of Topliss-reactive ketones (excluding diaryl/α,β-unsaturated/α-hetero) is 1. The quantitative estimate of drug-likeness (QED) is 0.303. The first kappa shape index (κ1) is 24.2. The largest absolute Gasteiger partial charge is 0.434 e. The van der Waals surface area contributed by atoms with Crippen LogP contribution in [0.3, 0.4) is 0 Å². The number of hydrogen-bond donors (Lipinski definition) is 2. The fourth-order valence-electron chi connectivity index (χ4n) is 4.92. The van der Waals surface area contributed by atoms with E-state index in [1.807, 2.05) is 49.4 Å². The van der Waals surface area contributed by atoms with E-state index in [1.165, 1.54) is 11.3 Å². The predicted octanol–water partition coefficient (Wildman–Crippen LogP) is 5.64. The van der Waals surface area contributed by atoms with E-state index in [0.717, 1.165) is 29.3 Å². The van der Waals surface area contributed by atoms with Gasteiger partial charge in [0.2, 0.25) is 11.7 Å². The summed E-state index contributed by atoms with van der Waals surface area (Å²) in [5.74, 6) is -0.949. The maximum Gasteiger partial charge on any atom is 0.266 e. The summed E-state index contributed by atoms with van der Waals surface area (Å²) in [6, 6.07) is 16.1. The Morgan fingerprint density at radius 2 is 1.81 bits per heavy atom. The van der Waals surface area contributed by atoms with Gasteiger partial charge in [0.1, 0.15) is 11.1 Å². The third kappa shape index (κ3) is 4.78. The minimum atomic E-state index is -1.06. The minimum Gasteiger partial charge on any atom is -0.434 e. The van der Waals surface area contributed by atoms with E-state index in [-0.39, 0.29) is 23.5 Å². The smallest absolute Gasteiger partial charge is 0.266 e. The molecule has 1 aliphatic rings. The molecule has 0 saturated heterocycles. The molecule has 1 saturated carbocycles. The molecule has 4 aromatic rings. The van der Waals surface area contributed by atoms with Gasteiger partial charge in [-0.25, -0.2) is 4.98 Å². The normalized spacial score (nSPS) is 16.0. The van der Waals surface area contributed by atoms with Crippen molar-refractivity contribution in [1.29, 1.82) is 0 Å². The fraction of sp³-hybridized carbons (Fsp3) is 0.357. The van der Waals surface area contributed by atoms with Crippen LogP contribution in [0.1, 0.15) is 72.2 Å². The van der Waals surface area contributed by atoms with Crippen molar-refractivity contribution in [2.24, 2.45) is 0 Å². The first-order valence-electron chi connectivity index (χ1n) is 12.5. The van der Waals surface area contributed by atoms with Gasteiger partial charge in [0.15, 0.2) is 5.58 Å². The first-order valence-corrected chi connectivity index (χ1v) is 13.3. The third-order valence-corrected chi connectivity index (χ3v) is 7.96. The molecule has 1 fully saturated rings. The lowest BCUT2D eigenvalue weighted by molar-refractivity contribution is -0.129. The van der Waals surface area contributed by atoms with Crippen molar-refractivity contribution < 1.29 is 18.8 Å². The molecule has 2 amide bonds. The van der Waals surface area contributed by atoms with Crippen molar-refractivity contribution in [2.75, 3.05) is 0 Å². The molecule has 1 atom stereocenters. The van der Waals surface area contributed by atoms with E-state index in [0.29, 0.717) is 41.7 Å². The van der Waals surface area contributed by atoms with Gasteiger partial charge in [0.25, 0.3) is 11.8 Å². The highest BCUT2D eigenvalue weighted by atomic mass is 32.1. The van der Waals surface area contributed by atoms with Crippen molar-refractivity contribution in [3.05, 3.63) is 65.4 Å². The summed E-state index contributed by atoms with van der Waals surface area (Å²) < 4.78 is 6.70. The summed E-state index contributed by atoms with van der Waals surface area (Å²) in [6.07, 6.45) is 4.88. The number of nitrogens with one attached hydrogen (secondary N) is 2. The first-order chi connectivity index (χ1) is 17.5. The molecule has 2 N–H and O–H groups in total. The van der Waals surface area contributed by atoms with Gasteiger partial charge in [-0.2, -0.15) is 0 Å². The number of para-hydroxylation sites is 2. The third-order valence-electron chi connectivity index (χ3n) is 6.85. The SMILES string of the molecule is CCC[C@H](NC(=O)C1(NC(=O)c2cc3ccccc3s2)CCCCC1)C(=O)c1nc2ccccc2o1. The maximum atomic E-state index is 13.7. The molecule has 186 valence electrons. The van der Waals surface area contributed by atoms with Crippen LogP contribution in [0.5, 0.6) is 0 Å². The van der Waals surface area contributed by atoms with E-state index in [1.54, 1.807) is 12.1 Å². The molecular weight excluding hydrogens is 474 g/mol. The lowest BCUT2D eigenvalue weighted by Gasteiger charge is -2.37. The van der Waals surface area contributed by atoms with E-state index in [4.69, 9.17) is 4.42 Å². The topological polar surface area (TPSA) is 101 Å². The van der Waals surface area contributed by atoms with Crippen LogP contribution in [0, 0.1) is 0 Å². The molecule has 5 rings (SSSR count). The van der Waals surface area contributed by atoms with Gasteiger partial charge in [-0.1, -0.05) is 62.9 Å². The molecule has 0 bridgehead atoms. The number of fused-ring (bicyclic) bond motifs is 2. The van der Waals surface area contributed by atoms with E-state index in [9.17, 15) is 14.4 Å². The van der Waals surface area contributed by atoms with E-state index in [2.05, 4.69) is 15.6 Å². The Morgan fingerprint density at radius 1 is 1.06 bits per heavy atom. The van der Waals surface area contributed by atoms with Gasteiger partial charge in [-0.15, -0.1) is 11.3 Å². The number of oxazole rings is 1. The highest BCUT2D eigenvalue weighted by Gasteiger charge is 2.43. The lowest BCUT2D eigenvalue weighted by atomic mass is 9.80. The number of benzene rings is 2. The molecule has 0 radical (unpaired) electrons. The number of hydrogen-bond acceptors (Lipinski definition) is 6. The Kier molecular flexibility index (Phi) is 6.87. The highest BCUT2D eigenvalue weighted by Crippen LogP contribution is 2.31. The number of nitrogens with zero attached hydrogens (tertiary/aromatic N) is 1. The second-order valence-electron chi connectivity index (χ2n) is 9.41. The van der Waals surface area contributed by atoms with E-state index < -0.39 is 11.6 Å². The van der Waals surface area contributed by atoms with Crippen molar-refractivity contribution in [3.63, 3.8) is 0 Å². The van der Waals surface area contributed by atoms with Crippen molar-refractivity contribution in [1.82, 2.24) is 15.6 Å². The van der Waals surface area contributed by atoms with Crippen LogP contribution in [-0.2, 0) is 4.79 Å². The lowest BCUT2D eigenvalue weighted by Crippen LogP contribution is -2.61. The summed E-state index contributed by atoms with van der Waals surface area (Å²) in [4.78, 5) is 45.2. The number of amides is 2. The Hall–Kier alpha value is -3.52. The second-order valence-corrected chi connectivity index (χ2v) is 10.5. The molecule has 8 heteroatoms. The molecule has 1 aliphatic carbocycles. The minimum absolute atomic E-state index is 0.0121. The number of carbonyl (C=O) groups excluding carboxylic acids is 3. The zero-order chi connectivity index (χ0) is 25.1. The van der Waals surface area contributed by atoms with Gasteiger partial charge in [-0.05, 0) is 48.9 Å². The van der Waals surface area contributed by atoms with Crippen LogP contribution >= 0.6 is 11.3 Å². The van der Waals surface area contributed by atoms with Crippen LogP contribution < -0.4 is 10.6 Å². The van der Waals surface area contributed by atoms with E-state index >= 15 is 0 Å². The second kappa shape index (κ2) is 10.2. The average Bonchev–Trinajstić information content (AvgIpc) is 3.53. The molecular formula is C28H29N3O4S. The van der Waals surface area contributed by atoms with Crippen LogP contribution in [-0.4, -0.2) is 34.2 Å². The van der Waals surface area contributed by atoms with Crippen LogP contribution in [0.15, 0.2) is 59.0 Å². The van der Waals surface area contributed by atoms with Crippen LogP contribution in [0.4, 0.5) is 0 Å². The molecule has 36 heavy (non-hydrogen) atoms. The summed E-state index contributed by atoms with van der Waals surface area (Å²) in [6.45, 7) is 1.96. The van der Waals surface area contributed by atoms with Gasteiger partial charge in [-0.3, -0.25) is 14.4 Å². The Labute approximate surface area is 213 Å². The molecule has 0 unspecified atom stereocenters. The Balaban J connectivity index is 1.37. The van der Waals surface area contributed by atoms with Gasteiger partial charge >= 0.3 is 0 Å². The molecule has 0 aliphatic heterocycles. The summed E-state index contributed by atoms with van der Waals surface area (Å²) in [5, 5.41) is 7.02. The predicted molar refractivity (Wildman–Crippen MR) is 140 cm³/mol. The average molecular weight is 504 g/mol. The van der Waals surface area contributed by atoms with Crippen LogP contribution in [0.25, 0.3) is 21.2 Å². The summed E-state index contributed by atoms with van der Waals surface area (Å²) in [5.41, 5.74) is 0.0718. The van der Waals surface area contributed by atoms with Crippen molar-refractivity contribution in [2.45, 2.75) is 63.5 Å². The number of rotatable bonds is 8. The molecule has 2 heterocycles. The Morgan fingerprint density at radius 3 is 2.56 bits per heavy atom. The molecule has 7 nitrogen and oxygen atoms in total. The Bertz CT molecular complexity index is 1350. The molecule has 0 spiro atoms. The zero-order valence-corrected chi connectivity index (χ0v) is 21.0. The number of aromatic nitrogens is 1. The zero-order valence-electron chi connectivity index (χ0n) is 20.2. The highest BCUT2D eigenvalue weighted by molar-refractivity contribution is 7.20. The summed E-state index contributed by atoms with van der Waals surface area (Å²) in [7, 11) is 0. The summed E-state index contributed by atoms with van der Waals surface area (Å²) >= 11 is 1.41. The standard InChI is InChI=1S/C28H29N3O4S/c1-2-10-20(24(32)26-29-19-12-5-6-13-21(19)35-26)30-27(34)28(15-8-3-9-16-28)31-25(33)23-17-18-11-4-7-14-22(18)36-23/h4-7,11-14,17,20H,2-3,8-10,15-16H2,1H3,(H,30,34)(H,31,33)/t20-/m0/s1. The number of carbonyl (C=O) groups is 3. The van der Waals surface area contributed by atoms with Crippen LogP contribution in [0.2, 0.25) is 0 Å². The van der Waals surface area contributed by atoms with Gasteiger partial charge in [0, 0.05) is 4.70 Å². The maximum absolute atomic E-state index is 13.7. The molecule has 2 aromatic carbocycles. The van der Waals surface area contributed by atoms with Crippen molar-refractivity contribution in [3.8, 4) is 0 Å². The van der Waals surface area contributed by atoms with Gasteiger partial charge in [0.05, 0.1) is 10.9 Å². The fourth-order valence-corrected chi connectivity index (χ4v) is 5.88. The monoisotopic (exact) mass is 503 g/mol. The number of thiophene rings is 1. The number of ketones is 1. The van der Waals surface area contributed by atoms with Crippen molar-refractivity contribution >= 4 is 50.1 Å².